The van der Waals surface area contributed by atoms with Crippen LogP contribution in [-0.4, -0.2) is 58.0 Å². The number of aromatic hydroxyl groups is 2. The molecule has 9 heteroatoms. The molecule has 0 atom stereocenters. The van der Waals surface area contributed by atoms with Gasteiger partial charge >= 0.3 is 5.97 Å². The van der Waals surface area contributed by atoms with Gasteiger partial charge in [0.2, 0.25) is 5.91 Å². The number of hydrogen-bond acceptors (Lipinski definition) is 8. The number of phenolic OH excluding ortho intramolecular Hbond substituents is 2. The lowest BCUT2D eigenvalue weighted by Crippen LogP contribution is -2.43. The highest BCUT2D eigenvalue weighted by Gasteiger charge is 2.21. The largest absolute Gasteiger partial charge is 0.508 e. The van der Waals surface area contributed by atoms with Crippen LogP contribution >= 0.6 is 12.2 Å². The summed E-state index contributed by atoms with van der Waals surface area (Å²) in [7, 11) is 0. The SMILES string of the molecule is CC(C)N(C(=O)COSN=C1/C=C/CC/C=C/CCOC(=O)c2c(O)cc(O)cc2C1)C(C)C. The number of fused-ring (bicyclic) bond motifs is 1. The Labute approximate surface area is 205 Å². The zero-order valence-electron chi connectivity index (χ0n) is 20.2. The Morgan fingerprint density at radius 2 is 1.79 bits per heavy atom. The Hall–Kier alpha value is -2.78. The summed E-state index contributed by atoms with van der Waals surface area (Å²) < 4.78 is 15.1. The van der Waals surface area contributed by atoms with E-state index in [-0.39, 0.29) is 54.7 Å². The zero-order chi connectivity index (χ0) is 25.1. The molecular formula is C25H34N2O6S. The lowest BCUT2D eigenvalue weighted by Gasteiger charge is -2.30. The summed E-state index contributed by atoms with van der Waals surface area (Å²) in [6, 6.07) is 2.62. The molecule has 2 rings (SSSR count). The van der Waals surface area contributed by atoms with Crippen LogP contribution in [0.15, 0.2) is 40.8 Å². The highest BCUT2D eigenvalue weighted by Crippen LogP contribution is 2.29. The number of allylic oxidation sites excluding steroid dienone is 3. The molecule has 0 saturated heterocycles. The van der Waals surface area contributed by atoms with E-state index in [0.717, 1.165) is 31.1 Å². The molecule has 0 radical (unpaired) electrons. The fraction of sp³-hybridized carbons (Fsp3) is 0.480. The number of ether oxygens (including phenoxy) is 1. The summed E-state index contributed by atoms with van der Waals surface area (Å²) in [4.78, 5) is 26.8. The minimum Gasteiger partial charge on any atom is -0.508 e. The molecule has 1 heterocycles. The van der Waals surface area contributed by atoms with Crippen LogP contribution in [0.25, 0.3) is 0 Å². The topological polar surface area (TPSA) is 109 Å². The van der Waals surface area contributed by atoms with Crippen LogP contribution in [-0.2, 0) is 20.1 Å². The predicted molar refractivity (Wildman–Crippen MR) is 134 cm³/mol. The van der Waals surface area contributed by atoms with Crippen molar-refractivity contribution in [1.29, 1.82) is 0 Å². The van der Waals surface area contributed by atoms with Crippen LogP contribution in [0.1, 0.15) is 62.9 Å². The molecule has 1 aromatic carbocycles. The van der Waals surface area contributed by atoms with Gasteiger partial charge in [0.15, 0.2) is 0 Å². The van der Waals surface area contributed by atoms with E-state index in [1.54, 1.807) is 4.90 Å². The molecule has 2 N–H and O–H groups in total. The molecule has 186 valence electrons. The van der Waals surface area contributed by atoms with Gasteiger partial charge in [-0.1, -0.05) is 18.2 Å². The Morgan fingerprint density at radius 3 is 2.50 bits per heavy atom. The quantitative estimate of drug-likeness (QED) is 0.195. The number of rotatable bonds is 6. The summed E-state index contributed by atoms with van der Waals surface area (Å²) in [5, 5.41) is 20.3. The average molecular weight is 491 g/mol. The van der Waals surface area contributed by atoms with E-state index in [9.17, 15) is 19.8 Å². The molecule has 1 aliphatic heterocycles. The predicted octanol–water partition coefficient (Wildman–Crippen LogP) is 4.76. The van der Waals surface area contributed by atoms with Crippen LogP contribution in [0.5, 0.6) is 11.5 Å². The molecule has 0 fully saturated rings. The molecule has 1 amide bonds. The van der Waals surface area contributed by atoms with Crippen LogP contribution in [0.3, 0.4) is 0 Å². The molecule has 0 aromatic heterocycles. The second-order valence-electron chi connectivity index (χ2n) is 8.46. The monoisotopic (exact) mass is 490 g/mol. The van der Waals surface area contributed by atoms with Gasteiger partial charge in [-0.25, -0.2) is 4.79 Å². The van der Waals surface area contributed by atoms with E-state index in [1.807, 2.05) is 52.0 Å². The minimum absolute atomic E-state index is 0.00876. The lowest BCUT2D eigenvalue weighted by atomic mass is 10.00. The molecule has 34 heavy (non-hydrogen) atoms. The number of hydrogen-bond donors (Lipinski definition) is 2. The summed E-state index contributed by atoms with van der Waals surface area (Å²) in [5.41, 5.74) is 0.911. The minimum atomic E-state index is -0.668. The smallest absolute Gasteiger partial charge is 0.342 e. The number of cyclic esters (lactones) is 1. The van der Waals surface area contributed by atoms with E-state index in [2.05, 4.69) is 4.40 Å². The third kappa shape index (κ3) is 8.53. The van der Waals surface area contributed by atoms with Gasteiger partial charge in [-0.3, -0.25) is 8.98 Å². The highest BCUT2D eigenvalue weighted by atomic mass is 32.2. The number of amides is 1. The highest BCUT2D eigenvalue weighted by molar-refractivity contribution is 7.93. The first-order valence-corrected chi connectivity index (χ1v) is 12.1. The molecule has 0 aliphatic carbocycles. The number of benzene rings is 1. The zero-order valence-corrected chi connectivity index (χ0v) is 21.0. The van der Waals surface area contributed by atoms with Gasteiger partial charge in [-0.05, 0) is 64.7 Å². The van der Waals surface area contributed by atoms with E-state index >= 15 is 0 Å². The van der Waals surface area contributed by atoms with Gasteiger partial charge in [0.25, 0.3) is 0 Å². The fourth-order valence-corrected chi connectivity index (χ4v) is 4.13. The second-order valence-corrected chi connectivity index (χ2v) is 9.03. The number of phenols is 2. The maximum absolute atomic E-state index is 12.6. The van der Waals surface area contributed by atoms with Crippen LogP contribution in [0.4, 0.5) is 0 Å². The number of carbonyl (C=O) groups is 2. The Kier molecular flexibility index (Phi) is 11.2. The average Bonchev–Trinajstić information content (AvgIpc) is 2.73. The fourth-order valence-electron chi connectivity index (χ4n) is 3.70. The molecule has 1 aliphatic rings. The number of nitrogens with zero attached hydrogens (tertiary/aromatic N) is 2. The van der Waals surface area contributed by atoms with Gasteiger partial charge in [0.1, 0.15) is 35.9 Å². The van der Waals surface area contributed by atoms with Gasteiger partial charge in [0, 0.05) is 24.6 Å². The Morgan fingerprint density at radius 1 is 1.12 bits per heavy atom. The molecule has 0 bridgehead atoms. The van der Waals surface area contributed by atoms with Crippen LogP contribution < -0.4 is 0 Å². The van der Waals surface area contributed by atoms with Crippen molar-refractivity contribution in [3.63, 3.8) is 0 Å². The standard InChI is InChI=1S/C25H34N2O6S/c1-17(2)27(18(3)4)23(30)16-33-34-26-20-11-9-7-5-6-8-10-12-32-25(31)24-19(13-20)14-21(28)15-22(24)29/h6,8-9,11,14-15,17-18,28-29H,5,7,10,12-13,16H2,1-4H3/b8-6+,11-9+,26-20?. The van der Waals surface area contributed by atoms with Crippen LogP contribution in [0.2, 0.25) is 0 Å². The van der Waals surface area contributed by atoms with Crippen molar-refractivity contribution < 1.29 is 28.7 Å². The van der Waals surface area contributed by atoms with Gasteiger partial charge in [-0.15, -0.1) is 0 Å². The first-order valence-electron chi connectivity index (χ1n) is 11.4. The van der Waals surface area contributed by atoms with Crippen molar-refractivity contribution in [3.05, 3.63) is 47.6 Å². The van der Waals surface area contributed by atoms with E-state index in [0.29, 0.717) is 17.7 Å². The van der Waals surface area contributed by atoms with Crippen molar-refractivity contribution in [2.45, 2.75) is 65.5 Å². The molecule has 0 spiro atoms. The second kappa shape index (κ2) is 13.8. The normalized spacial score (nSPS) is 18.3. The van der Waals surface area contributed by atoms with Gasteiger partial charge < -0.3 is 19.8 Å². The van der Waals surface area contributed by atoms with Crippen molar-refractivity contribution in [1.82, 2.24) is 4.90 Å². The molecule has 1 aromatic rings. The van der Waals surface area contributed by atoms with Gasteiger partial charge in [-0.2, -0.15) is 4.40 Å². The van der Waals surface area contributed by atoms with Crippen LogP contribution in [0, 0.1) is 0 Å². The van der Waals surface area contributed by atoms with Crippen molar-refractivity contribution in [3.8, 4) is 11.5 Å². The summed E-state index contributed by atoms with van der Waals surface area (Å²) in [6.07, 6.45) is 10.1. The Balaban J connectivity index is 2.22. The van der Waals surface area contributed by atoms with Crippen molar-refractivity contribution >= 4 is 29.8 Å². The number of esters is 1. The molecule has 8 nitrogen and oxygen atoms in total. The third-order valence-corrected chi connectivity index (χ3v) is 5.58. The molecule has 0 unspecified atom stereocenters. The van der Waals surface area contributed by atoms with Crippen molar-refractivity contribution in [2.75, 3.05) is 13.2 Å². The first-order chi connectivity index (χ1) is 16.2. The van der Waals surface area contributed by atoms with Gasteiger partial charge in [0.05, 0.1) is 12.3 Å². The molecular weight excluding hydrogens is 456 g/mol. The van der Waals surface area contributed by atoms with E-state index in [4.69, 9.17) is 8.92 Å². The summed E-state index contributed by atoms with van der Waals surface area (Å²) in [5.74, 6) is -1.33. The lowest BCUT2D eigenvalue weighted by molar-refractivity contribution is -0.136. The van der Waals surface area contributed by atoms with E-state index in [1.165, 1.54) is 6.07 Å². The summed E-state index contributed by atoms with van der Waals surface area (Å²) in [6.45, 7) is 7.87. The molecule has 0 saturated carbocycles. The third-order valence-electron chi connectivity index (χ3n) is 5.04. The first kappa shape index (κ1) is 27.5. The number of carbonyl (C=O) groups excluding carboxylic acids is 2. The maximum atomic E-state index is 12.6. The van der Waals surface area contributed by atoms with Crippen molar-refractivity contribution in [2.24, 2.45) is 4.40 Å². The summed E-state index contributed by atoms with van der Waals surface area (Å²) >= 11 is 0.792. The Bertz CT molecular complexity index is 932. The van der Waals surface area contributed by atoms with E-state index < -0.39 is 5.97 Å². The maximum Gasteiger partial charge on any atom is 0.342 e.